The van der Waals surface area contributed by atoms with Crippen molar-refractivity contribution >= 4 is 27.3 Å². The maximum Gasteiger partial charge on any atom is 0.133 e. The molecule has 0 saturated heterocycles. The highest BCUT2D eigenvalue weighted by Crippen LogP contribution is 2.35. The normalized spacial score (nSPS) is 19.1. The standard InChI is InChI=1S/C17H20BrNOS/c1-11(12-6-7-16(20-2)14(18)10-12)19-15-4-3-5-17-13(15)8-9-21-17/h6-11,15,19H,3-5H2,1-2H3. The van der Waals surface area contributed by atoms with Crippen LogP contribution in [-0.4, -0.2) is 7.11 Å². The molecule has 1 aromatic heterocycles. The minimum Gasteiger partial charge on any atom is -0.496 e. The number of nitrogens with one attached hydrogen (secondary N) is 1. The number of methoxy groups -OCH3 is 1. The minimum absolute atomic E-state index is 0.322. The Morgan fingerprint density at radius 3 is 3.00 bits per heavy atom. The van der Waals surface area contributed by atoms with Crippen molar-refractivity contribution in [3.05, 3.63) is 50.1 Å². The molecule has 1 aromatic carbocycles. The predicted molar refractivity (Wildman–Crippen MR) is 92.2 cm³/mol. The zero-order valence-electron chi connectivity index (χ0n) is 12.4. The topological polar surface area (TPSA) is 21.3 Å². The first-order valence-electron chi connectivity index (χ1n) is 7.35. The number of thiophene rings is 1. The lowest BCUT2D eigenvalue weighted by Crippen LogP contribution is -2.27. The molecule has 0 bridgehead atoms. The van der Waals surface area contributed by atoms with Crippen molar-refractivity contribution < 1.29 is 4.74 Å². The molecule has 0 amide bonds. The highest BCUT2D eigenvalue weighted by atomic mass is 79.9. The fourth-order valence-electron chi connectivity index (χ4n) is 3.01. The number of ether oxygens (including phenoxy) is 1. The van der Waals surface area contributed by atoms with Crippen LogP contribution in [0.1, 0.15) is 47.9 Å². The van der Waals surface area contributed by atoms with Crippen molar-refractivity contribution in [3.8, 4) is 5.75 Å². The second-order valence-electron chi connectivity index (χ2n) is 5.53. The van der Waals surface area contributed by atoms with Gasteiger partial charge in [0.25, 0.3) is 0 Å². The zero-order chi connectivity index (χ0) is 14.8. The number of benzene rings is 1. The van der Waals surface area contributed by atoms with Crippen LogP contribution < -0.4 is 10.1 Å². The zero-order valence-corrected chi connectivity index (χ0v) is 14.8. The molecule has 2 aromatic rings. The van der Waals surface area contributed by atoms with Crippen LogP contribution in [0, 0.1) is 0 Å². The summed E-state index contributed by atoms with van der Waals surface area (Å²) in [6, 6.07) is 9.40. The first-order chi connectivity index (χ1) is 10.2. The Hall–Kier alpha value is -0.840. The van der Waals surface area contributed by atoms with E-state index in [9.17, 15) is 0 Å². The third-order valence-electron chi connectivity index (χ3n) is 4.18. The summed E-state index contributed by atoms with van der Waals surface area (Å²) >= 11 is 5.46. The van der Waals surface area contributed by atoms with Gasteiger partial charge in [0.05, 0.1) is 11.6 Å². The van der Waals surface area contributed by atoms with Gasteiger partial charge in [-0.05, 0) is 76.8 Å². The van der Waals surface area contributed by atoms with Gasteiger partial charge in [-0.1, -0.05) is 6.07 Å². The van der Waals surface area contributed by atoms with Gasteiger partial charge < -0.3 is 10.1 Å². The third kappa shape index (κ3) is 3.17. The van der Waals surface area contributed by atoms with E-state index in [1.807, 2.05) is 17.4 Å². The number of fused-ring (bicyclic) bond motifs is 1. The van der Waals surface area contributed by atoms with E-state index in [1.165, 1.54) is 30.4 Å². The molecular formula is C17H20BrNOS. The Labute approximate surface area is 138 Å². The van der Waals surface area contributed by atoms with E-state index >= 15 is 0 Å². The Bertz CT molecular complexity index is 625. The fraction of sp³-hybridized carbons (Fsp3) is 0.412. The number of halogens is 1. The summed E-state index contributed by atoms with van der Waals surface area (Å²) in [5.74, 6) is 0.878. The largest absolute Gasteiger partial charge is 0.496 e. The molecule has 2 atom stereocenters. The molecular weight excluding hydrogens is 346 g/mol. The van der Waals surface area contributed by atoms with E-state index < -0.39 is 0 Å². The summed E-state index contributed by atoms with van der Waals surface area (Å²) in [4.78, 5) is 1.56. The molecule has 1 aliphatic carbocycles. The molecule has 0 radical (unpaired) electrons. The van der Waals surface area contributed by atoms with Gasteiger partial charge >= 0.3 is 0 Å². The second kappa shape index (κ2) is 6.51. The molecule has 3 rings (SSSR count). The Morgan fingerprint density at radius 2 is 2.24 bits per heavy atom. The van der Waals surface area contributed by atoms with Gasteiger partial charge in [-0.3, -0.25) is 0 Å². The van der Waals surface area contributed by atoms with Crippen LogP contribution in [0.5, 0.6) is 5.75 Å². The summed E-state index contributed by atoms with van der Waals surface area (Å²) in [5, 5.41) is 6.01. The fourth-order valence-corrected chi connectivity index (χ4v) is 4.56. The summed E-state index contributed by atoms with van der Waals surface area (Å²) in [6.07, 6.45) is 3.75. The van der Waals surface area contributed by atoms with Gasteiger partial charge in [0.15, 0.2) is 0 Å². The maximum absolute atomic E-state index is 5.30. The predicted octanol–water partition coefficient (Wildman–Crippen LogP) is 5.25. The highest BCUT2D eigenvalue weighted by molar-refractivity contribution is 9.10. The van der Waals surface area contributed by atoms with Crippen LogP contribution in [0.3, 0.4) is 0 Å². The monoisotopic (exact) mass is 365 g/mol. The van der Waals surface area contributed by atoms with E-state index in [-0.39, 0.29) is 0 Å². The van der Waals surface area contributed by atoms with Crippen LogP contribution in [0.25, 0.3) is 0 Å². The van der Waals surface area contributed by atoms with E-state index in [0.29, 0.717) is 12.1 Å². The van der Waals surface area contributed by atoms with Crippen LogP contribution in [-0.2, 0) is 6.42 Å². The van der Waals surface area contributed by atoms with E-state index in [2.05, 4.69) is 51.7 Å². The van der Waals surface area contributed by atoms with Crippen LogP contribution in [0.15, 0.2) is 34.1 Å². The quantitative estimate of drug-likeness (QED) is 0.798. The lowest BCUT2D eigenvalue weighted by atomic mass is 9.93. The van der Waals surface area contributed by atoms with Crippen molar-refractivity contribution in [2.45, 2.75) is 38.3 Å². The molecule has 2 nitrogen and oxygen atoms in total. The smallest absolute Gasteiger partial charge is 0.133 e. The van der Waals surface area contributed by atoms with Crippen molar-refractivity contribution in [2.75, 3.05) is 7.11 Å². The molecule has 0 fully saturated rings. The Kier molecular flexibility index (Phi) is 4.67. The SMILES string of the molecule is COc1ccc(C(C)NC2CCCc3sccc32)cc1Br. The van der Waals surface area contributed by atoms with E-state index in [4.69, 9.17) is 4.74 Å². The van der Waals surface area contributed by atoms with Gasteiger partial charge in [-0.2, -0.15) is 0 Å². The minimum atomic E-state index is 0.322. The van der Waals surface area contributed by atoms with E-state index in [0.717, 1.165) is 10.2 Å². The number of hydrogen-bond donors (Lipinski definition) is 1. The van der Waals surface area contributed by atoms with Gasteiger partial charge in [-0.15, -0.1) is 11.3 Å². The first-order valence-corrected chi connectivity index (χ1v) is 9.02. The van der Waals surface area contributed by atoms with Gasteiger partial charge in [0.1, 0.15) is 5.75 Å². The average Bonchev–Trinajstić information content (AvgIpc) is 2.96. The first kappa shape index (κ1) is 15.1. The van der Waals surface area contributed by atoms with Crippen molar-refractivity contribution in [1.29, 1.82) is 0 Å². The van der Waals surface area contributed by atoms with Crippen LogP contribution >= 0.6 is 27.3 Å². The molecule has 1 N–H and O–H groups in total. The molecule has 1 aliphatic rings. The Balaban J connectivity index is 1.75. The van der Waals surface area contributed by atoms with Crippen molar-refractivity contribution in [2.24, 2.45) is 0 Å². The highest BCUT2D eigenvalue weighted by Gasteiger charge is 2.22. The Morgan fingerprint density at radius 1 is 1.38 bits per heavy atom. The van der Waals surface area contributed by atoms with Crippen molar-refractivity contribution in [3.63, 3.8) is 0 Å². The molecule has 0 spiro atoms. The van der Waals surface area contributed by atoms with Gasteiger partial charge in [-0.25, -0.2) is 0 Å². The molecule has 1 heterocycles. The summed E-state index contributed by atoms with van der Waals surface area (Å²) < 4.78 is 6.31. The lowest BCUT2D eigenvalue weighted by molar-refractivity contribution is 0.408. The molecule has 0 saturated carbocycles. The average molecular weight is 366 g/mol. The molecule has 21 heavy (non-hydrogen) atoms. The molecule has 4 heteroatoms. The third-order valence-corrected chi connectivity index (χ3v) is 5.80. The van der Waals surface area contributed by atoms with Crippen molar-refractivity contribution in [1.82, 2.24) is 5.32 Å². The number of hydrogen-bond acceptors (Lipinski definition) is 3. The van der Waals surface area contributed by atoms with Crippen LogP contribution in [0.2, 0.25) is 0 Å². The summed E-state index contributed by atoms with van der Waals surface area (Å²) in [7, 11) is 1.70. The van der Waals surface area contributed by atoms with Crippen LogP contribution in [0.4, 0.5) is 0 Å². The van der Waals surface area contributed by atoms with E-state index in [1.54, 1.807) is 12.0 Å². The van der Waals surface area contributed by atoms with Gasteiger partial charge in [0.2, 0.25) is 0 Å². The summed E-state index contributed by atoms with van der Waals surface area (Å²) in [6.45, 7) is 2.23. The van der Waals surface area contributed by atoms with Gasteiger partial charge in [0, 0.05) is 17.0 Å². The maximum atomic E-state index is 5.30. The number of rotatable bonds is 4. The molecule has 0 aliphatic heterocycles. The lowest BCUT2D eigenvalue weighted by Gasteiger charge is -2.27. The molecule has 112 valence electrons. The molecule has 2 unspecified atom stereocenters. The second-order valence-corrected chi connectivity index (χ2v) is 7.38. The summed E-state index contributed by atoms with van der Waals surface area (Å²) in [5.41, 5.74) is 2.79. The number of aryl methyl sites for hydroxylation is 1.